The lowest BCUT2D eigenvalue weighted by molar-refractivity contribution is -0.0684. The van der Waals surface area contributed by atoms with Gasteiger partial charge in [0, 0.05) is 0 Å². The van der Waals surface area contributed by atoms with Crippen molar-refractivity contribution in [2.75, 3.05) is 19.5 Å². The van der Waals surface area contributed by atoms with E-state index in [9.17, 15) is 19.4 Å². The molecule has 0 aliphatic carbocycles. The number of H-pyrrole nitrogens is 1. The molecule has 0 radical (unpaired) electrons. The number of aromatic amines is 1. The number of hydrogen-bond donors (Lipinski definition) is 4. The third-order valence-electron chi connectivity index (χ3n) is 5.03. The molecule has 2 fully saturated rings. The standard InChI is InChI=1S/C17H18N5O8PS/c1-27-7-4-2-3-5-9(7)32-17-19-10-13(20-16(18)21-14(10)24)22(17)15-11(23)12-8(29-15)6-28-31(25,26)30-12/h2-5,8,11-12,15,23H,6H2,1H3,(H,25,26)(H3,18,20,21,24)/t8-,11-,12-,15-/m1/s1. The summed E-state index contributed by atoms with van der Waals surface area (Å²) in [7, 11) is -2.79. The molecular weight excluding hydrogens is 465 g/mol. The minimum Gasteiger partial charge on any atom is -0.496 e. The molecule has 0 saturated carbocycles. The second-order valence-corrected chi connectivity index (χ2v) is 9.45. The van der Waals surface area contributed by atoms with Gasteiger partial charge in [-0.3, -0.25) is 23.4 Å². The number of anilines is 1. The van der Waals surface area contributed by atoms with E-state index in [2.05, 4.69) is 15.0 Å². The number of ether oxygens (including phenoxy) is 2. The van der Waals surface area contributed by atoms with E-state index in [0.29, 0.717) is 10.6 Å². The fourth-order valence-corrected chi connectivity index (χ4v) is 5.62. The Morgan fingerprint density at radius 2 is 2.16 bits per heavy atom. The zero-order valence-corrected chi connectivity index (χ0v) is 18.2. The number of aromatic nitrogens is 4. The molecule has 2 saturated heterocycles. The van der Waals surface area contributed by atoms with Crippen LogP contribution in [0.2, 0.25) is 0 Å². The lowest BCUT2D eigenvalue weighted by Crippen LogP contribution is -2.39. The number of imidazole rings is 1. The van der Waals surface area contributed by atoms with Gasteiger partial charge in [-0.1, -0.05) is 12.1 Å². The summed E-state index contributed by atoms with van der Waals surface area (Å²) in [5, 5.41) is 11.2. The Hall–Kier alpha value is -2.45. The molecule has 5 rings (SSSR count). The average Bonchev–Trinajstić information content (AvgIpc) is 3.25. The third-order valence-corrected chi connectivity index (χ3v) is 7.04. The number of phosphoric acid groups is 1. The Kier molecular flexibility index (Phi) is 5.25. The molecule has 5 atom stereocenters. The maximum Gasteiger partial charge on any atom is 0.472 e. The number of para-hydroxylation sites is 1. The van der Waals surface area contributed by atoms with E-state index in [1.807, 2.05) is 0 Å². The molecule has 0 bridgehead atoms. The number of benzene rings is 1. The van der Waals surface area contributed by atoms with E-state index >= 15 is 0 Å². The molecule has 13 nitrogen and oxygen atoms in total. The molecular formula is C17H18N5O8PS. The van der Waals surface area contributed by atoms with Gasteiger partial charge in [-0.05, 0) is 23.9 Å². The first-order valence-electron chi connectivity index (χ1n) is 9.35. The van der Waals surface area contributed by atoms with Crippen molar-refractivity contribution in [2.45, 2.75) is 34.6 Å². The van der Waals surface area contributed by atoms with Crippen molar-refractivity contribution in [3.8, 4) is 5.75 Å². The summed E-state index contributed by atoms with van der Waals surface area (Å²) in [6.45, 7) is -0.260. The van der Waals surface area contributed by atoms with Crippen LogP contribution in [0.5, 0.6) is 5.75 Å². The van der Waals surface area contributed by atoms with Gasteiger partial charge >= 0.3 is 7.82 Å². The van der Waals surface area contributed by atoms with Crippen LogP contribution < -0.4 is 16.0 Å². The normalized spacial score (nSPS) is 29.8. The number of nitrogens with two attached hydrogens (primary N) is 1. The predicted octanol–water partition coefficient (Wildman–Crippen LogP) is 0.636. The molecule has 5 N–H and O–H groups in total. The zero-order chi connectivity index (χ0) is 22.6. The molecule has 0 spiro atoms. The highest BCUT2D eigenvalue weighted by molar-refractivity contribution is 7.99. The number of fused-ring (bicyclic) bond motifs is 2. The third kappa shape index (κ3) is 3.59. The van der Waals surface area contributed by atoms with Crippen LogP contribution in [0, 0.1) is 0 Å². The number of nitrogens with zero attached hydrogens (tertiary/aromatic N) is 3. The van der Waals surface area contributed by atoms with E-state index in [1.54, 1.807) is 24.3 Å². The summed E-state index contributed by atoms with van der Waals surface area (Å²) in [4.78, 5) is 33.7. The van der Waals surface area contributed by atoms with Gasteiger partial charge in [-0.25, -0.2) is 9.55 Å². The first kappa shape index (κ1) is 21.4. The maximum absolute atomic E-state index is 12.5. The van der Waals surface area contributed by atoms with Crippen LogP contribution in [-0.2, 0) is 18.3 Å². The van der Waals surface area contributed by atoms with Gasteiger partial charge in [0.15, 0.2) is 22.5 Å². The number of aliphatic hydroxyl groups excluding tert-OH is 1. The number of nitrogen functional groups attached to an aromatic ring is 1. The Bertz CT molecular complexity index is 1300. The van der Waals surface area contributed by atoms with Gasteiger partial charge in [-0.2, -0.15) is 4.98 Å². The topological polar surface area (TPSA) is 184 Å². The SMILES string of the molecule is COc1ccccc1Sc1nc2c(=O)[nH]c(N)nc2n1[C@@H]1O[C@@H]2COP(=O)(O)O[C@H]2[C@H]1O. The summed E-state index contributed by atoms with van der Waals surface area (Å²) < 4.78 is 34.3. The Morgan fingerprint density at radius 1 is 1.38 bits per heavy atom. The van der Waals surface area contributed by atoms with Crippen LogP contribution in [0.4, 0.5) is 5.95 Å². The average molecular weight is 483 g/mol. The Labute approximate surface area is 184 Å². The van der Waals surface area contributed by atoms with E-state index in [1.165, 1.54) is 11.7 Å². The summed E-state index contributed by atoms with van der Waals surface area (Å²) >= 11 is 1.15. The fraction of sp³-hybridized carbons (Fsp3) is 0.353. The summed E-state index contributed by atoms with van der Waals surface area (Å²) in [6.07, 6.45) is -4.50. The molecule has 1 unspecified atom stereocenters. The number of methoxy groups -OCH3 is 1. The lowest BCUT2D eigenvalue weighted by Gasteiger charge is -2.27. The monoisotopic (exact) mass is 483 g/mol. The van der Waals surface area contributed by atoms with Crippen LogP contribution >= 0.6 is 19.6 Å². The molecule has 1 aromatic carbocycles. The molecule has 32 heavy (non-hydrogen) atoms. The predicted molar refractivity (Wildman–Crippen MR) is 110 cm³/mol. The molecule has 2 aliphatic heterocycles. The van der Waals surface area contributed by atoms with Crippen LogP contribution in [0.25, 0.3) is 11.2 Å². The van der Waals surface area contributed by atoms with E-state index in [4.69, 9.17) is 24.3 Å². The summed E-state index contributed by atoms with van der Waals surface area (Å²) in [5.74, 6) is 0.416. The van der Waals surface area contributed by atoms with Gasteiger partial charge in [0.1, 0.15) is 24.1 Å². The Balaban J connectivity index is 1.64. The van der Waals surface area contributed by atoms with Crippen LogP contribution in [0.15, 0.2) is 39.1 Å². The van der Waals surface area contributed by atoms with E-state index in [-0.39, 0.29) is 28.9 Å². The lowest BCUT2D eigenvalue weighted by atomic mass is 10.1. The van der Waals surface area contributed by atoms with Gasteiger partial charge < -0.3 is 25.2 Å². The first-order chi connectivity index (χ1) is 15.3. The zero-order valence-electron chi connectivity index (χ0n) is 16.4. The fourth-order valence-electron chi connectivity index (χ4n) is 3.63. The highest BCUT2D eigenvalue weighted by atomic mass is 32.2. The van der Waals surface area contributed by atoms with Crippen LogP contribution in [-0.4, -0.2) is 61.5 Å². The molecule has 2 aromatic heterocycles. The Morgan fingerprint density at radius 3 is 2.94 bits per heavy atom. The van der Waals surface area contributed by atoms with Crippen molar-refractivity contribution in [3.63, 3.8) is 0 Å². The molecule has 170 valence electrons. The van der Waals surface area contributed by atoms with Crippen molar-refractivity contribution >= 4 is 36.7 Å². The molecule has 15 heteroatoms. The molecule has 2 aliphatic rings. The quantitative estimate of drug-likeness (QED) is 0.380. The highest BCUT2D eigenvalue weighted by Gasteiger charge is 2.53. The molecule has 4 heterocycles. The minimum atomic E-state index is -4.32. The first-order valence-corrected chi connectivity index (χ1v) is 11.7. The summed E-state index contributed by atoms with van der Waals surface area (Å²) in [6, 6.07) is 7.17. The maximum atomic E-state index is 12.5. The second kappa shape index (κ2) is 7.85. The molecule has 3 aromatic rings. The van der Waals surface area contributed by atoms with Gasteiger partial charge in [0.2, 0.25) is 5.95 Å². The van der Waals surface area contributed by atoms with E-state index < -0.39 is 37.9 Å². The second-order valence-electron chi connectivity index (χ2n) is 7.03. The molecule has 0 amide bonds. The summed E-state index contributed by atoms with van der Waals surface area (Å²) in [5.41, 5.74) is 5.21. The highest BCUT2D eigenvalue weighted by Crippen LogP contribution is 2.53. The van der Waals surface area contributed by atoms with Gasteiger partial charge in [0.05, 0.1) is 18.6 Å². The van der Waals surface area contributed by atoms with Crippen LogP contribution in [0.1, 0.15) is 6.23 Å². The largest absolute Gasteiger partial charge is 0.496 e. The number of rotatable bonds is 4. The minimum absolute atomic E-state index is 0.0210. The number of aliphatic hydroxyl groups is 1. The van der Waals surface area contributed by atoms with Crippen molar-refractivity contribution in [1.29, 1.82) is 0 Å². The van der Waals surface area contributed by atoms with Crippen molar-refractivity contribution in [1.82, 2.24) is 19.5 Å². The number of nitrogens with one attached hydrogen (secondary N) is 1. The van der Waals surface area contributed by atoms with Crippen molar-refractivity contribution in [2.24, 2.45) is 0 Å². The van der Waals surface area contributed by atoms with Crippen molar-refractivity contribution in [3.05, 3.63) is 34.6 Å². The van der Waals surface area contributed by atoms with Crippen LogP contribution in [0.3, 0.4) is 0 Å². The van der Waals surface area contributed by atoms with Gasteiger partial charge in [0.25, 0.3) is 5.56 Å². The smallest absolute Gasteiger partial charge is 0.472 e. The van der Waals surface area contributed by atoms with E-state index in [0.717, 1.165) is 11.8 Å². The number of hydrogen-bond acceptors (Lipinski definition) is 11. The van der Waals surface area contributed by atoms with Crippen molar-refractivity contribution < 1.29 is 33.1 Å². The number of phosphoric ester groups is 1. The van der Waals surface area contributed by atoms with Gasteiger partial charge in [-0.15, -0.1) is 0 Å².